The van der Waals surface area contributed by atoms with E-state index < -0.39 is 63.1 Å². The van der Waals surface area contributed by atoms with Crippen molar-refractivity contribution in [1.82, 2.24) is 0 Å². The van der Waals surface area contributed by atoms with Crippen molar-refractivity contribution in [2.24, 2.45) is 0 Å². The summed E-state index contributed by atoms with van der Waals surface area (Å²) in [5, 5.41) is 50.4. The van der Waals surface area contributed by atoms with E-state index in [1.165, 1.54) is 154 Å². The monoisotopic (exact) mass is 1000 g/mol. The Hall–Kier alpha value is -1.44. The van der Waals surface area contributed by atoms with Crippen LogP contribution in [-0.2, 0) is 27.9 Å². The maximum Gasteiger partial charge on any atom is 0.472 e. The van der Waals surface area contributed by atoms with E-state index in [4.69, 9.17) is 18.5 Å². The molecule has 6 unspecified atom stereocenters. The van der Waals surface area contributed by atoms with Crippen LogP contribution in [0.3, 0.4) is 0 Å². The van der Waals surface area contributed by atoms with Crippen molar-refractivity contribution in [3.8, 4) is 0 Å². The normalized spacial score (nSPS) is 21.2. The van der Waals surface area contributed by atoms with E-state index >= 15 is 0 Å². The Balaban J connectivity index is 2.29. The van der Waals surface area contributed by atoms with Gasteiger partial charge in [-0.05, 0) is 51.4 Å². The van der Waals surface area contributed by atoms with Gasteiger partial charge in [0.2, 0.25) is 0 Å². The zero-order valence-electron chi connectivity index (χ0n) is 43.9. The zero-order chi connectivity index (χ0) is 50.5. The van der Waals surface area contributed by atoms with Gasteiger partial charge in [-0.15, -0.1) is 0 Å². The molecule has 0 radical (unpaired) electrons. The van der Waals surface area contributed by atoms with Gasteiger partial charge >= 0.3 is 13.8 Å². The van der Waals surface area contributed by atoms with E-state index in [9.17, 15) is 39.8 Å². The molecule has 13 heteroatoms. The second kappa shape index (κ2) is 46.4. The number of phosphoric ester groups is 1. The number of aliphatic hydroxyl groups is 5. The number of rotatable bonds is 49. The highest BCUT2D eigenvalue weighted by Gasteiger charge is 2.51. The topological polar surface area (TPSA) is 192 Å². The fourth-order valence-electron chi connectivity index (χ4n) is 8.78. The Bertz CT molecular complexity index is 1280. The standard InChI is InChI=1S/C56H105O12P/c1-3-5-7-9-11-13-15-17-19-21-23-24-25-26-28-30-32-34-36-38-40-42-44-46-65-47-49(48-66-69(63,64)68-56-54(61)52(59)51(58)53(60)55(56)62)67-50(57)45-43-41-39-37-35-33-31-29-27-22-20-18-16-14-12-10-8-6-4-2/h12,14,18,20,27,29,49,51-56,58-62H,3-11,13,15-17,19,21-26,28,30-48H2,1-2H3,(H,63,64)/b14-12-,20-18-,29-27-. The number of esters is 1. The van der Waals surface area contributed by atoms with Gasteiger partial charge in [0.15, 0.2) is 0 Å². The molecule has 1 fully saturated rings. The first kappa shape index (κ1) is 65.6. The number of phosphoric acid groups is 1. The Morgan fingerprint density at radius 1 is 0.464 bits per heavy atom. The van der Waals surface area contributed by atoms with Crippen molar-refractivity contribution in [3.05, 3.63) is 36.5 Å². The van der Waals surface area contributed by atoms with Gasteiger partial charge in [-0.3, -0.25) is 13.8 Å². The molecule has 0 saturated heterocycles. The lowest BCUT2D eigenvalue weighted by Crippen LogP contribution is -2.64. The van der Waals surface area contributed by atoms with Gasteiger partial charge in [-0.1, -0.05) is 230 Å². The third-order valence-electron chi connectivity index (χ3n) is 13.3. The lowest BCUT2D eigenvalue weighted by molar-refractivity contribution is -0.220. The lowest BCUT2D eigenvalue weighted by atomic mass is 9.85. The van der Waals surface area contributed by atoms with Gasteiger partial charge in [0.25, 0.3) is 0 Å². The molecule has 6 atom stereocenters. The molecule has 0 aromatic rings. The molecule has 0 spiro atoms. The van der Waals surface area contributed by atoms with Gasteiger partial charge in [0.1, 0.15) is 42.7 Å². The molecule has 12 nitrogen and oxygen atoms in total. The first-order chi connectivity index (χ1) is 33.5. The molecule has 0 aromatic carbocycles. The average Bonchev–Trinajstić information content (AvgIpc) is 3.34. The molecule has 1 aliphatic carbocycles. The summed E-state index contributed by atoms with van der Waals surface area (Å²) >= 11 is 0. The predicted octanol–water partition coefficient (Wildman–Crippen LogP) is 13.4. The fraction of sp³-hybridized carbons (Fsp3) is 0.875. The molecule has 0 heterocycles. The van der Waals surface area contributed by atoms with Crippen LogP contribution in [0.5, 0.6) is 0 Å². The van der Waals surface area contributed by atoms with Crippen molar-refractivity contribution in [2.75, 3.05) is 19.8 Å². The number of allylic oxidation sites excluding steroid dienone is 6. The van der Waals surface area contributed by atoms with Crippen LogP contribution in [0.15, 0.2) is 36.5 Å². The first-order valence-electron chi connectivity index (χ1n) is 28.3. The molecule has 406 valence electrons. The Kier molecular flexibility index (Phi) is 44.1. The number of carbonyl (C=O) groups excluding carboxylic acids is 1. The quantitative estimate of drug-likeness (QED) is 0.0146. The number of aliphatic hydroxyl groups excluding tert-OH is 5. The summed E-state index contributed by atoms with van der Waals surface area (Å²) in [6.07, 6.45) is 45.0. The van der Waals surface area contributed by atoms with Crippen molar-refractivity contribution >= 4 is 13.8 Å². The van der Waals surface area contributed by atoms with Crippen LogP contribution in [0, 0.1) is 0 Å². The third kappa shape index (κ3) is 37.9. The lowest BCUT2D eigenvalue weighted by Gasteiger charge is -2.41. The minimum atomic E-state index is -5.03. The molecule has 1 saturated carbocycles. The predicted molar refractivity (Wildman–Crippen MR) is 281 cm³/mol. The third-order valence-corrected chi connectivity index (χ3v) is 14.3. The summed E-state index contributed by atoms with van der Waals surface area (Å²) in [5.74, 6) is -0.485. The van der Waals surface area contributed by atoms with Crippen LogP contribution in [0.1, 0.15) is 251 Å². The summed E-state index contributed by atoms with van der Waals surface area (Å²) < 4.78 is 34.4. The zero-order valence-corrected chi connectivity index (χ0v) is 44.8. The highest BCUT2D eigenvalue weighted by atomic mass is 31.2. The fourth-order valence-corrected chi connectivity index (χ4v) is 9.75. The van der Waals surface area contributed by atoms with Gasteiger partial charge < -0.3 is 39.9 Å². The molecule has 0 aliphatic heterocycles. The Morgan fingerprint density at radius 3 is 1.26 bits per heavy atom. The minimum Gasteiger partial charge on any atom is -0.457 e. The second-order valence-corrected chi connectivity index (χ2v) is 21.2. The van der Waals surface area contributed by atoms with E-state index in [1.807, 2.05) is 0 Å². The molecule has 1 rings (SSSR count). The van der Waals surface area contributed by atoms with Crippen LogP contribution in [-0.4, -0.2) is 98.9 Å². The summed E-state index contributed by atoms with van der Waals surface area (Å²) in [6, 6.07) is 0. The number of hydrogen-bond donors (Lipinski definition) is 6. The van der Waals surface area contributed by atoms with Crippen LogP contribution in [0.4, 0.5) is 0 Å². The molecular formula is C56H105O12P. The van der Waals surface area contributed by atoms with E-state index in [-0.39, 0.29) is 13.0 Å². The second-order valence-electron chi connectivity index (χ2n) is 19.8. The number of hydrogen-bond acceptors (Lipinski definition) is 11. The van der Waals surface area contributed by atoms with E-state index in [1.54, 1.807) is 0 Å². The van der Waals surface area contributed by atoms with Crippen LogP contribution in [0.2, 0.25) is 0 Å². The molecule has 0 bridgehead atoms. The first-order valence-corrected chi connectivity index (χ1v) is 29.8. The number of carbonyl (C=O) groups is 1. The van der Waals surface area contributed by atoms with Gasteiger partial charge in [0, 0.05) is 13.0 Å². The molecule has 1 aliphatic rings. The largest absolute Gasteiger partial charge is 0.472 e. The van der Waals surface area contributed by atoms with E-state index in [0.29, 0.717) is 13.0 Å². The molecular weight excluding hydrogens is 896 g/mol. The number of unbranched alkanes of at least 4 members (excludes halogenated alkanes) is 31. The molecule has 69 heavy (non-hydrogen) atoms. The van der Waals surface area contributed by atoms with Gasteiger partial charge in [-0.2, -0.15) is 0 Å². The highest BCUT2D eigenvalue weighted by molar-refractivity contribution is 7.47. The summed E-state index contributed by atoms with van der Waals surface area (Å²) in [5.41, 5.74) is 0. The smallest absolute Gasteiger partial charge is 0.457 e. The van der Waals surface area contributed by atoms with Gasteiger partial charge in [-0.25, -0.2) is 4.57 Å². The van der Waals surface area contributed by atoms with Crippen LogP contribution in [0.25, 0.3) is 0 Å². The summed E-state index contributed by atoms with van der Waals surface area (Å²) in [6.45, 7) is 4.27. The van der Waals surface area contributed by atoms with Crippen LogP contribution >= 0.6 is 7.82 Å². The molecule has 0 aromatic heterocycles. The maximum atomic E-state index is 12.9. The molecule has 0 amide bonds. The minimum absolute atomic E-state index is 0.0788. The van der Waals surface area contributed by atoms with Crippen molar-refractivity contribution < 1.29 is 58.3 Å². The molecule has 6 N–H and O–H groups in total. The van der Waals surface area contributed by atoms with Crippen molar-refractivity contribution in [1.29, 1.82) is 0 Å². The summed E-state index contributed by atoms with van der Waals surface area (Å²) in [7, 11) is -5.03. The Morgan fingerprint density at radius 2 is 0.812 bits per heavy atom. The Labute approximate surface area is 421 Å². The maximum absolute atomic E-state index is 12.9. The van der Waals surface area contributed by atoms with Crippen molar-refractivity contribution in [2.45, 2.75) is 294 Å². The average molecular weight is 1000 g/mol. The van der Waals surface area contributed by atoms with E-state index in [0.717, 1.165) is 70.6 Å². The van der Waals surface area contributed by atoms with Gasteiger partial charge in [0.05, 0.1) is 13.2 Å². The van der Waals surface area contributed by atoms with Crippen LogP contribution < -0.4 is 0 Å². The number of ether oxygens (including phenoxy) is 2. The van der Waals surface area contributed by atoms with E-state index in [2.05, 4.69) is 50.3 Å². The van der Waals surface area contributed by atoms with Crippen molar-refractivity contribution in [3.63, 3.8) is 0 Å². The summed E-state index contributed by atoms with van der Waals surface area (Å²) in [4.78, 5) is 23.3. The SMILES string of the molecule is CCCCC/C=C\C/C=C\C/C=C\CCCCCCCCC(=O)OC(COCCCCCCCCCCCCCCCCCCCCCCCCC)COP(=O)(O)OC1C(O)C(O)C(O)C(O)C1O. The highest BCUT2D eigenvalue weighted by Crippen LogP contribution is 2.47.